The van der Waals surface area contributed by atoms with Gasteiger partial charge in [-0.15, -0.1) is 0 Å². The molecule has 20 heavy (non-hydrogen) atoms. The lowest BCUT2D eigenvalue weighted by molar-refractivity contribution is 0.168. The van der Waals surface area contributed by atoms with Crippen LogP contribution in [0.25, 0.3) is 10.9 Å². The molecule has 3 heteroatoms. The Balaban J connectivity index is 1.68. The van der Waals surface area contributed by atoms with Gasteiger partial charge in [0.15, 0.2) is 0 Å². The molecule has 0 bridgehead atoms. The highest BCUT2D eigenvalue weighted by molar-refractivity contribution is 5.81. The average Bonchev–Trinajstić information content (AvgIpc) is 2.48. The Morgan fingerprint density at radius 3 is 3.00 bits per heavy atom. The van der Waals surface area contributed by atoms with Crippen molar-refractivity contribution < 1.29 is 0 Å². The number of nitrogens with one attached hydrogen (secondary N) is 1. The summed E-state index contributed by atoms with van der Waals surface area (Å²) in [7, 11) is 2.22. The van der Waals surface area contributed by atoms with E-state index in [2.05, 4.69) is 53.4 Å². The van der Waals surface area contributed by atoms with Crippen LogP contribution in [0.3, 0.4) is 0 Å². The first kappa shape index (κ1) is 13.5. The smallest absolute Gasteiger partial charge is 0.0746 e. The highest BCUT2D eigenvalue weighted by atomic mass is 15.1. The van der Waals surface area contributed by atoms with E-state index in [9.17, 15) is 0 Å². The number of likely N-dealkylation sites (tertiary alicyclic amines) is 1. The standard InChI is InChI=1S/C17H23N3/c1-13-11-16(8-10-20(13)2)19-12-15-6-3-5-14-7-4-9-18-17(14)15/h3-7,9,13,16,19H,8,10-12H2,1-2H3. The number of aromatic nitrogens is 1. The second kappa shape index (κ2) is 5.90. The predicted molar refractivity (Wildman–Crippen MR) is 83.7 cm³/mol. The van der Waals surface area contributed by atoms with E-state index in [0.717, 1.165) is 12.1 Å². The third kappa shape index (κ3) is 2.84. The second-order valence-corrected chi connectivity index (χ2v) is 5.92. The molecule has 2 heterocycles. The van der Waals surface area contributed by atoms with Crippen molar-refractivity contribution >= 4 is 10.9 Å². The Morgan fingerprint density at radius 1 is 1.30 bits per heavy atom. The summed E-state index contributed by atoms with van der Waals surface area (Å²) < 4.78 is 0. The van der Waals surface area contributed by atoms with Crippen LogP contribution in [0.1, 0.15) is 25.3 Å². The van der Waals surface area contributed by atoms with Crippen molar-refractivity contribution in [2.45, 2.75) is 38.4 Å². The first-order chi connectivity index (χ1) is 9.74. The van der Waals surface area contributed by atoms with Crippen molar-refractivity contribution in [3.05, 3.63) is 42.1 Å². The summed E-state index contributed by atoms with van der Waals surface area (Å²) in [5.41, 5.74) is 2.43. The fourth-order valence-corrected chi connectivity index (χ4v) is 3.04. The maximum Gasteiger partial charge on any atom is 0.0746 e. The molecule has 0 radical (unpaired) electrons. The topological polar surface area (TPSA) is 28.2 Å². The Kier molecular flexibility index (Phi) is 3.99. The van der Waals surface area contributed by atoms with Gasteiger partial charge in [0.2, 0.25) is 0 Å². The minimum absolute atomic E-state index is 0.625. The second-order valence-electron chi connectivity index (χ2n) is 5.92. The molecule has 2 atom stereocenters. The summed E-state index contributed by atoms with van der Waals surface area (Å²) in [5.74, 6) is 0. The van der Waals surface area contributed by atoms with Gasteiger partial charge in [0.05, 0.1) is 5.52 Å². The Hall–Kier alpha value is -1.45. The number of para-hydroxylation sites is 1. The van der Waals surface area contributed by atoms with Gasteiger partial charge in [0, 0.05) is 30.2 Å². The molecule has 106 valence electrons. The Labute approximate surface area is 121 Å². The third-order valence-electron chi connectivity index (χ3n) is 4.51. The molecule has 2 aromatic rings. The fraction of sp³-hybridized carbons (Fsp3) is 0.471. The molecule has 3 nitrogen and oxygen atoms in total. The quantitative estimate of drug-likeness (QED) is 0.928. The lowest BCUT2D eigenvalue weighted by Gasteiger charge is -2.35. The van der Waals surface area contributed by atoms with Gasteiger partial charge < -0.3 is 10.2 Å². The van der Waals surface area contributed by atoms with Gasteiger partial charge in [-0.05, 0) is 45.0 Å². The summed E-state index contributed by atoms with van der Waals surface area (Å²) in [6.07, 6.45) is 4.34. The first-order valence-corrected chi connectivity index (χ1v) is 7.50. The first-order valence-electron chi connectivity index (χ1n) is 7.50. The predicted octanol–water partition coefficient (Wildman–Crippen LogP) is 2.81. The minimum atomic E-state index is 0.625. The monoisotopic (exact) mass is 269 g/mol. The molecule has 0 spiro atoms. The van der Waals surface area contributed by atoms with E-state index >= 15 is 0 Å². The summed E-state index contributed by atoms with van der Waals surface area (Å²) >= 11 is 0. The number of fused-ring (bicyclic) bond motifs is 1. The molecule has 0 aliphatic carbocycles. The largest absolute Gasteiger partial charge is 0.310 e. The molecule has 1 aromatic carbocycles. The van der Waals surface area contributed by atoms with Crippen LogP contribution >= 0.6 is 0 Å². The van der Waals surface area contributed by atoms with Crippen LogP contribution in [0.4, 0.5) is 0 Å². The van der Waals surface area contributed by atoms with E-state index in [1.54, 1.807) is 0 Å². The van der Waals surface area contributed by atoms with Crippen LogP contribution < -0.4 is 5.32 Å². The maximum absolute atomic E-state index is 4.52. The van der Waals surface area contributed by atoms with E-state index < -0.39 is 0 Å². The zero-order valence-corrected chi connectivity index (χ0v) is 12.3. The van der Waals surface area contributed by atoms with Crippen LogP contribution in [0.5, 0.6) is 0 Å². The normalized spacial score (nSPS) is 24.1. The molecule has 1 aromatic heterocycles. The van der Waals surface area contributed by atoms with Crippen molar-refractivity contribution in [1.82, 2.24) is 15.2 Å². The summed E-state index contributed by atoms with van der Waals surface area (Å²) in [4.78, 5) is 6.97. The number of hydrogen-bond donors (Lipinski definition) is 1. The molecule has 1 saturated heterocycles. The van der Waals surface area contributed by atoms with Gasteiger partial charge in [-0.3, -0.25) is 4.98 Å². The van der Waals surface area contributed by atoms with Gasteiger partial charge >= 0.3 is 0 Å². The molecular weight excluding hydrogens is 246 g/mol. The SMILES string of the molecule is CC1CC(NCc2cccc3cccnc23)CCN1C. The number of nitrogens with zero attached hydrogens (tertiary/aromatic N) is 2. The molecule has 1 aliphatic rings. The zero-order valence-electron chi connectivity index (χ0n) is 12.3. The molecule has 1 aliphatic heterocycles. The van der Waals surface area contributed by atoms with Crippen LogP contribution in [0.15, 0.2) is 36.5 Å². The number of piperidine rings is 1. The molecule has 2 unspecified atom stereocenters. The summed E-state index contributed by atoms with van der Waals surface area (Å²) in [6.45, 7) is 4.41. The van der Waals surface area contributed by atoms with Crippen LogP contribution in [0, 0.1) is 0 Å². The molecule has 1 N–H and O–H groups in total. The van der Waals surface area contributed by atoms with Crippen molar-refractivity contribution in [3.63, 3.8) is 0 Å². The molecule has 0 amide bonds. The molecular formula is C17H23N3. The van der Waals surface area contributed by atoms with E-state index in [1.807, 2.05) is 12.3 Å². The van der Waals surface area contributed by atoms with Gasteiger partial charge in [-0.2, -0.15) is 0 Å². The Bertz CT molecular complexity index is 576. The zero-order chi connectivity index (χ0) is 13.9. The van der Waals surface area contributed by atoms with Gasteiger partial charge in [-0.25, -0.2) is 0 Å². The lowest BCUT2D eigenvalue weighted by atomic mass is 9.98. The molecule has 3 rings (SSSR count). The Morgan fingerprint density at radius 2 is 2.15 bits per heavy atom. The van der Waals surface area contributed by atoms with Crippen molar-refractivity contribution in [2.24, 2.45) is 0 Å². The number of benzene rings is 1. The number of pyridine rings is 1. The summed E-state index contributed by atoms with van der Waals surface area (Å²) in [6, 6.07) is 11.9. The van der Waals surface area contributed by atoms with Gasteiger partial charge in [-0.1, -0.05) is 24.3 Å². The summed E-state index contributed by atoms with van der Waals surface area (Å²) in [5, 5.41) is 4.94. The van der Waals surface area contributed by atoms with Crippen molar-refractivity contribution in [1.29, 1.82) is 0 Å². The highest BCUT2D eigenvalue weighted by Gasteiger charge is 2.22. The minimum Gasteiger partial charge on any atom is -0.310 e. The van der Waals surface area contributed by atoms with Crippen molar-refractivity contribution in [2.75, 3.05) is 13.6 Å². The number of rotatable bonds is 3. The molecule has 1 fully saturated rings. The van der Waals surface area contributed by atoms with Crippen LogP contribution in [-0.4, -0.2) is 35.6 Å². The van der Waals surface area contributed by atoms with Crippen LogP contribution in [-0.2, 0) is 6.54 Å². The van der Waals surface area contributed by atoms with E-state index in [1.165, 1.54) is 30.3 Å². The lowest BCUT2D eigenvalue weighted by Crippen LogP contribution is -2.45. The van der Waals surface area contributed by atoms with E-state index in [4.69, 9.17) is 0 Å². The highest BCUT2D eigenvalue weighted by Crippen LogP contribution is 2.18. The maximum atomic E-state index is 4.52. The average molecular weight is 269 g/mol. The van der Waals surface area contributed by atoms with E-state index in [-0.39, 0.29) is 0 Å². The van der Waals surface area contributed by atoms with Gasteiger partial charge in [0.1, 0.15) is 0 Å². The fourth-order valence-electron chi connectivity index (χ4n) is 3.04. The van der Waals surface area contributed by atoms with Crippen LogP contribution in [0.2, 0.25) is 0 Å². The molecule has 0 saturated carbocycles. The number of hydrogen-bond acceptors (Lipinski definition) is 3. The van der Waals surface area contributed by atoms with E-state index in [0.29, 0.717) is 12.1 Å². The van der Waals surface area contributed by atoms with Gasteiger partial charge in [0.25, 0.3) is 0 Å². The third-order valence-corrected chi connectivity index (χ3v) is 4.51. The van der Waals surface area contributed by atoms with Crippen molar-refractivity contribution in [3.8, 4) is 0 Å².